The van der Waals surface area contributed by atoms with Gasteiger partial charge in [0.15, 0.2) is 11.5 Å². The minimum atomic E-state index is -4.16. The molecule has 0 aromatic heterocycles. The number of carbonyl (C=O) groups is 2. The van der Waals surface area contributed by atoms with Crippen LogP contribution in [0.1, 0.15) is 33.3 Å². The highest BCUT2D eigenvalue weighted by Gasteiger charge is 2.33. The lowest BCUT2D eigenvalue weighted by molar-refractivity contribution is -0.139. The minimum absolute atomic E-state index is 0.0389. The summed E-state index contributed by atoms with van der Waals surface area (Å²) >= 11 is 0. The predicted molar refractivity (Wildman–Crippen MR) is 158 cm³/mol. The van der Waals surface area contributed by atoms with Gasteiger partial charge in [-0.15, -0.1) is 0 Å². The summed E-state index contributed by atoms with van der Waals surface area (Å²) in [5, 5.41) is 2.93. The van der Waals surface area contributed by atoms with Crippen LogP contribution in [0.5, 0.6) is 11.5 Å². The summed E-state index contributed by atoms with van der Waals surface area (Å²) in [5.74, 6) is 0.0660. The summed E-state index contributed by atoms with van der Waals surface area (Å²) in [5.41, 5.74) is 0.739. The second-order valence-electron chi connectivity index (χ2n) is 10.9. The molecular weight excluding hydrogens is 542 g/mol. The molecule has 0 bridgehead atoms. The van der Waals surface area contributed by atoms with Gasteiger partial charge in [0.1, 0.15) is 25.8 Å². The molecule has 0 fully saturated rings. The molecule has 1 heterocycles. The average molecular weight is 580 g/mol. The Morgan fingerprint density at radius 2 is 1.51 bits per heavy atom. The molecule has 1 N–H and O–H groups in total. The van der Waals surface area contributed by atoms with E-state index in [1.54, 1.807) is 43.3 Å². The first-order valence-corrected chi connectivity index (χ1v) is 15.0. The van der Waals surface area contributed by atoms with Crippen molar-refractivity contribution in [2.75, 3.05) is 30.6 Å². The number of fused-ring (bicyclic) bond motifs is 1. The highest BCUT2D eigenvalue weighted by molar-refractivity contribution is 7.92. The first-order valence-electron chi connectivity index (χ1n) is 13.6. The molecule has 3 aromatic carbocycles. The van der Waals surface area contributed by atoms with Gasteiger partial charge in [0, 0.05) is 18.2 Å². The topological polar surface area (TPSA) is 105 Å². The average Bonchev–Trinajstić information content (AvgIpc) is 2.95. The molecule has 1 atom stereocenters. The zero-order chi connectivity index (χ0) is 29.6. The monoisotopic (exact) mass is 579 g/mol. The van der Waals surface area contributed by atoms with Crippen LogP contribution in [-0.4, -0.2) is 63.0 Å². The number of hydrogen-bond acceptors (Lipinski definition) is 6. The normalized spacial score (nSPS) is 13.7. The second kappa shape index (κ2) is 12.6. The molecule has 0 radical (unpaired) electrons. The summed E-state index contributed by atoms with van der Waals surface area (Å²) in [6, 6.07) is 21.5. The Balaban J connectivity index is 1.69. The van der Waals surface area contributed by atoms with E-state index in [4.69, 9.17) is 9.47 Å². The highest BCUT2D eigenvalue weighted by atomic mass is 32.2. The maximum Gasteiger partial charge on any atom is 0.264 e. The molecule has 9 nitrogen and oxygen atoms in total. The Labute approximate surface area is 242 Å². The Bertz CT molecular complexity index is 1460. The van der Waals surface area contributed by atoms with Crippen molar-refractivity contribution in [2.45, 2.75) is 50.6 Å². The fourth-order valence-electron chi connectivity index (χ4n) is 4.48. The molecule has 0 aliphatic carbocycles. The molecule has 2 amide bonds. The van der Waals surface area contributed by atoms with E-state index in [0.29, 0.717) is 31.1 Å². The van der Waals surface area contributed by atoms with Gasteiger partial charge in [-0.25, -0.2) is 8.42 Å². The van der Waals surface area contributed by atoms with E-state index >= 15 is 0 Å². The lowest BCUT2D eigenvalue weighted by atomic mass is 10.1. The van der Waals surface area contributed by atoms with Crippen LogP contribution in [0.2, 0.25) is 0 Å². The Morgan fingerprint density at radius 1 is 0.902 bits per heavy atom. The van der Waals surface area contributed by atoms with Gasteiger partial charge in [-0.2, -0.15) is 0 Å². The fraction of sp³-hybridized carbons (Fsp3) is 0.355. The van der Waals surface area contributed by atoms with Gasteiger partial charge in [0.05, 0.1) is 10.6 Å². The molecule has 1 aliphatic heterocycles. The molecule has 41 heavy (non-hydrogen) atoms. The number of nitrogens with zero attached hydrogens (tertiary/aromatic N) is 2. The van der Waals surface area contributed by atoms with E-state index < -0.39 is 34.1 Å². The van der Waals surface area contributed by atoms with Crippen molar-refractivity contribution in [1.82, 2.24) is 10.2 Å². The number of ether oxygens (including phenoxy) is 2. The summed E-state index contributed by atoms with van der Waals surface area (Å²) in [6.45, 7) is 7.68. The standard InChI is InChI=1S/C31H37N3O6S/c1-23(30(36)32-31(2,3)4)33(18-17-24-11-7-5-8-12-24)29(35)22-34(41(37,38)26-13-9-6-10-14-26)25-15-16-27-28(21-25)40-20-19-39-27/h5-16,21,23H,17-20,22H2,1-4H3,(H,32,36). The number of rotatable bonds is 10. The van der Waals surface area contributed by atoms with Crippen molar-refractivity contribution in [3.05, 3.63) is 84.4 Å². The van der Waals surface area contributed by atoms with E-state index in [-0.39, 0.29) is 23.0 Å². The Kier molecular flexibility index (Phi) is 9.22. The van der Waals surface area contributed by atoms with Crippen LogP contribution >= 0.6 is 0 Å². The number of amides is 2. The molecule has 4 rings (SSSR count). The molecule has 1 unspecified atom stereocenters. The van der Waals surface area contributed by atoms with E-state index in [0.717, 1.165) is 9.87 Å². The summed E-state index contributed by atoms with van der Waals surface area (Å²) in [6.07, 6.45) is 0.495. The van der Waals surface area contributed by atoms with E-state index in [1.807, 2.05) is 51.1 Å². The molecular formula is C31H37N3O6S. The molecule has 0 saturated heterocycles. The van der Waals surface area contributed by atoms with E-state index in [2.05, 4.69) is 5.32 Å². The van der Waals surface area contributed by atoms with Crippen LogP contribution in [0.25, 0.3) is 0 Å². The third-order valence-corrected chi connectivity index (χ3v) is 8.36. The maximum atomic E-state index is 14.0. The van der Waals surface area contributed by atoms with E-state index in [9.17, 15) is 18.0 Å². The van der Waals surface area contributed by atoms with Gasteiger partial charge in [-0.05, 0) is 63.9 Å². The minimum Gasteiger partial charge on any atom is -0.486 e. The fourth-order valence-corrected chi connectivity index (χ4v) is 5.91. The first-order chi connectivity index (χ1) is 19.5. The van der Waals surface area contributed by atoms with E-state index in [1.165, 1.54) is 17.0 Å². The SMILES string of the molecule is CC(C(=O)NC(C)(C)C)N(CCc1ccccc1)C(=O)CN(c1ccc2c(c1)OCCO2)S(=O)(=O)c1ccccc1. The van der Waals surface area contributed by atoms with Crippen molar-refractivity contribution in [1.29, 1.82) is 0 Å². The number of anilines is 1. The van der Waals surface area contributed by atoms with Crippen molar-refractivity contribution >= 4 is 27.5 Å². The number of benzene rings is 3. The zero-order valence-corrected chi connectivity index (χ0v) is 24.7. The molecule has 1 aliphatic rings. The largest absolute Gasteiger partial charge is 0.486 e. The van der Waals surface area contributed by atoms with Crippen LogP contribution < -0.4 is 19.1 Å². The lowest BCUT2D eigenvalue weighted by Crippen LogP contribution is -2.55. The van der Waals surface area contributed by atoms with Gasteiger partial charge in [0.2, 0.25) is 11.8 Å². The van der Waals surface area contributed by atoms with Crippen molar-refractivity contribution < 1.29 is 27.5 Å². The van der Waals surface area contributed by atoms with Crippen molar-refractivity contribution in [2.24, 2.45) is 0 Å². The van der Waals surface area contributed by atoms with Crippen LogP contribution in [0.15, 0.2) is 83.8 Å². The number of sulfonamides is 1. The van der Waals surface area contributed by atoms with Crippen LogP contribution in [0, 0.1) is 0 Å². The quantitative estimate of drug-likeness (QED) is 0.389. The Hall–Kier alpha value is -4.05. The number of nitrogens with one attached hydrogen (secondary N) is 1. The highest BCUT2D eigenvalue weighted by Crippen LogP contribution is 2.35. The molecule has 0 spiro atoms. The van der Waals surface area contributed by atoms with Gasteiger partial charge in [0.25, 0.3) is 10.0 Å². The predicted octanol–water partition coefficient (Wildman–Crippen LogP) is 4.03. The summed E-state index contributed by atoms with van der Waals surface area (Å²) in [7, 11) is -4.16. The summed E-state index contributed by atoms with van der Waals surface area (Å²) < 4.78 is 40.2. The Morgan fingerprint density at radius 3 is 2.15 bits per heavy atom. The molecule has 218 valence electrons. The number of carbonyl (C=O) groups excluding carboxylic acids is 2. The number of hydrogen-bond donors (Lipinski definition) is 1. The van der Waals surface area contributed by atoms with Gasteiger partial charge in [-0.1, -0.05) is 48.5 Å². The smallest absolute Gasteiger partial charge is 0.264 e. The van der Waals surface area contributed by atoms with Crippen molar-refractivity contribution in [3.63, 3.8) is 0 Å². The van der Waals surface area contributed by atoms with Crippen LogP contribution in [0.4, 0.5) is 5.69 Å². The second-order valence-corrected chi connectivity index (χ2v) is 12.8. The van der Waals surface area contributed by atoms with Gasteiger partial charge >= 0.3 is 0 Å². The third-order valence-electron chi connectivity index (χ3n) is 6.57. The summed E-state index contributed by atoms with van der Waals surface area (Å²) in [4.78, 5) is 28.7. The lowest BCUT2D eigenvalue weighted by Gasteiger charge is -2.33. The van der Waals surface area contributed by atoms with Gasteiger partial charge < -0.3 is 19.7 Å². The maximum absolute atomic E-state index is 14.0. The third kappa shape index (κ3) is 7.58. The molecule has 3 aromatic rings. The molecule has 0 saturated carbocycles. The molecule has 10 heteroatoms. The first kappa shape index (κ1) is 29.9. The van der Waals surface area contributed by atoms with Crippen LogP contribution in [-0.2, 0) is 26.0 Å². The zero-order valence-electron chi connectivity index (χ0n) is 23.9. The van der Waals surface area contributed by atoms with Gasteiger partial charge in [-0.3, -0.25) is 13.9 Å². The van der Waals surface area contributed by atoms with Crippen LogP contribution in [0.3, 0.4) is 0 Å². The van der Waals surface area contributed by atoms with Crippen molar-refractivity contribution in [3.8, 4) is 11.5 Å².